The van der Waals surface area contributed by atoms with Crippen molar-refractivity contribution in [1.82, 2.24) is 9.78 Å². The van der Waals surface area contributed by atoms with E-state index in [4.69, 9.17) is 0 Å². The van der Waals surface area contributed by atoms with E-state index in [1.54, 1.807) is 4.68 Å². The molecule has 4 heteroatoms. The molecule has 1 aromatic carbocycles. The van der Waals surface area contributed by atoms with Crippen LogP contribution >= 0.6 is 0 Å². The maximum Gasteiger partial charge on any atom is 0.222 e. The molecule has 0 aliphatic heterocycles. The predicted octanol–water partition coefficient (Wildman–Crippen LogP) is 4.08. The first-order valence-electron chi connectivity index (χ1n) is 7.78. The molecule has 0 aliphatic rings. The third-order valence-corrected chi connectivity index (χ3v) is 3.50. The Labute approximate surface area is 132 Å². The third-order valence-electron chi connectivity index (χ3n) is 3.50. The van der Waals surface area contributed by atoms with Gasteiger partial charge in [-0.05, 0) is 24.1 Å². The van der Waals surface area contributed by atoms with Crippen molar-refractivity contribution in [3.8, 4) is 5.69 Å². The number of aryl methyl sites for hydroxylation is 1. The number of nitrogens with one attached hydrogen (secondary N) is 1. The molecule has 2 rings (SSSR count). The molecule has 118 valence electrons. The zero-order chi connectivity index (χ0) is 16.3. The van der Waals surface area contributed by atoms with Crippen molar-refractivity contribution >= 4 is 11.7 Å². The summed E-state index contributed by atoms with van der Waals surface area (Å²) in [5, 5.41) is 7.55. The molecule has 0 fully saturated rings. The van der Waals surface area contributed by atoms with Gasteiger partial charge in [0.15, 0.2) is 0 Å². The average Bonchev–Trinajstić information content (AvgIpc) is 2.83. The molecule has 2 aromatic rings. The maximum absolute atomic E-state index is 11.4. The maximum atomic E-state index is 11.4. The lowest BCUT2D eigenvalue weighted by Gasteiger charge is -2.14. The van der Waals surface area contributed by atoms with Crippen molar-refractivity contribution in [3.63, 3.8) is 0 Å². The number of hydrogen-bond acceptors (Lipinski definition) is 2. The normalized spacial score (nSPS) is 11.5. The molecule has 1 aromatic heterocycles. The van der Waals surface area contributed by atoms with Crippen LogP contribution in [0.1, 0.15) is 52.3 Å². The number of rotatable bonds is 4. The van der Waals surface area contributed by atoms with Gasteiger partial charge in [-0.15, -0.1) is 0 Å². The van der Waals surface area contributed by atoms with Crippen LogP contribution in [0.5, 0.6) is 0 Å². The molecular weight excluding hydrogens is 274 g/mol. The summed E-state index contributed by atoms with van der Waals surface area (Å²) in [6, 6.07) is 10.3. The van der Waals surface area contributed by atoms with Gasteiger partial charge in [0.1, 0.15) is 5.82 Å². The van der Waals surface area contributed by atoms with Gasteiger partial charge in [0.2, 0.25) is 5.91 Å². The second-order valence-electron chi connectivity index (χ2n) is 6.67. The summed E-state index contributed by atoms with van der Waals surface area (Å²) in [5.41, 5.74) is 3.16. The highest BCUT2D eigenvalue weighted by Gasteiger charge is 2.20. The lowest BCUT2D eigenvalue weighted by Crippen LogP contribution is -2.13. The average molecular weight is 299 g/mol. The summed E-state index contributed by atoms with van der Waals surface area (Å²) >= 11 is 0. The fourth-order valence-electron chi connectivity index (χ4n) is 2.31. The second kappa shape index (κ2) is 6.34. The molecular formula is C18H25N3O. The zero-order valence-corrected chi connectivity index (χ0v) is 14.1. The summed E-state index contributed by atoms with van der Waals surface area (Å²) in [6.45, 7) is 10.0. The Bertz CT molecular complexity index is 648. The number of carbonyl (C=O) groups excluding carboxylic acids is 1. The molecule has 4 nitrogen and oxygen atoms in total. The molecule has 1 amide bonds. The molecule has 1 N–H and O–H groups in total. The van der Waals surface area contributed by atoms with Crippen LogP contribution < -0.4 is 5.32 Å². The van der Waals surface area contributed by atoms with Crippen molar-refractivity contribution < 1.29 is 4.79 Å². The van der Waals surface area contributed by atoms with E-state index in [9.17, 15) is 4.79 Å². The van der Waals surface area contributed by atoms with Crippen LogP contribution in [0.3, 0.4) is 0 Å². The zero-order valence-electron chi connectivity index (χ0n) is 14.1. The molecule has 0 bridgehead atoms. The van der Waals surface area contributed by atoms with Gasteiger partial charge in [0.25, 0.3) is 0 Å². The molecule has 0 spiro atoms. The number of benzene rings is 1. The first-order chi connectivity index (χ1) is 10.3. The van der Waals surface area contributed by atoms with Gasteiger partial charge in [-0.1, -0.05) is 46.2 Å². The molecule has 0 radical (unpaired) electrons. The number of anilines is 1. The van der Waals surface area contributed by atoms with Crippen LogP contribution in [0.2, 0.25) is 0 Å². The quantitative estimate of drug-likeness (QED) is 0.924. The van der Waals surface area contributed by atoms with Gasteiger partial charge in [0.05, 0.1) is 11.4 Å². The lowest BCUT2D eigenvalue weighted by atomic mass is 9.92. The van der Waals surface area contributed by atoms with E-state index in [-0.39, 0.29) is 11.3 Å². The molecule has 0 atom stereocenters. The van der Waals surface area contributed by atoms with Gasteiger partial charge in [-0.2, -0.15) is 5.10 Å². The van der Waals surface area contributed by atoms with E-state index in [2.05, 4.69) is 62.4 Å². The Morgan fingerprint density at radius 2 is 1.86 bits per heavy atom. The van der Waals surface area contributed by atoms with Crippen molar-refractivity contribution in [2.45, 2.75) is 52.9 Å². The van der Waals surface area contributed by atoms with Gasteiger partial charge < -0.3 is 5.32 Å². The highest BCUT2D eigenvalue weighted by atomic mass is 16.1. The van der Waals surface area contributed by atoms with Gasteiger partial charge >= 0.3 is 0 Å². The van der Waals surface area contributed by atoms with Crippen LogP contribution in [0.25, 0.3) is 5.69 Å². The Morgan fingerprint density at radius 3 is 2.36 bits per heavy atom. The van der Waals surface area contributed by atoms with E-state index in [0.717, 1.165) is 24.2 Å². The molecule has 0 saturated heterocycles. The van der Waals surface area contributed by atoms with Crippen LogP contribution in [0, 0.1) is 0 Å². The number of amides is 1. The van der Waals surface area contributed by atoms with Crippen molar-refractivity contribution in [1.29, 1.82) is 0 Å². The Hall–Kier alpha value is -2.10. The van der Waals surface area contributed by atoms with Gasteiger partial charge in [-0.3, -0.25) is 4.79 Å². The summed E-state index contributed by atoms with van der Waals surface area (Å²) in [7, 11) is 0. The number of aromatic nitrogens is 2. The molecule has 22 heavy (non-hydrogen) atoms. The van der Waals surface area contributed by atoms with Crippen LogP contribution in [0.4, 0.5) is 5.82 Å². The minimum absolute atomic E-state index is 0.0688. The lowest BCUT2D eigenvalue weighted by molar-refractivity contribution is -0.114. The van der Waals surface area contributed by atoms with Crippen molar-refractivity contribution in [2.24, 2.45) is 0 Å². The van der Waals surface area contributed by atoms with E-state index in [1.165, 1.54) is 12.5 Å². The first kappa shape index (κ1) is 16.3. The highest BCUT2D eigenvalue weighted by Crippen LogP contribution is 2.26. The third kappa shape index (κ3) is 3.75. The van der Waals surface area contributed by atoms with Crippen LogP contribution in [-0.2, 0) is 16.6 Å². The van der Waals surface area contributed by atoms with Gasteiger partial charge in [-0.25, -0.2) is 4.68 Å². The molecule has 0 aliphatic carbocycles. The minimum atomic E-state index is -0.0933. The summed E-state index contributed by atoms with van der Waals surface area (Å²) in [4.78, 5) is 11.4. The monoisotopic (exact) mass is 299 g/mol. The molecule has 1 heterocycles. The van der Waals surface area contributed by atoms with E-state index >= 15 is 0 Å². The fraction of sp³-hybridized carbons (Fsp3) is 0.444. The van der Waals surface area contributed by atoms with Crippen molar-refractivity contribution in [3.05, 3.63) is 41.6 Å². The van der Waals surface area contributed by atoms with E-state index in [0.29, 0.717) is 5.82 Å². The topological polar surface area (TPSA) is 46.9 Å². The van der Waals surface area contributed by atoms with Crippen LogP contribution in [0.15, 0.2) is 30.3 Å². The Kier molecular flexibility index (Phi) is 4.69. The van der Waals surface area contributed by atoms with Crippen molar-refractivity contribution in [2.75, 3.05) is 5.32 Å². The second-order valence-corrected chi connectivity index (χ2v) is 6.67. The summed E-state index contributed by atoms with van der Waals surface area (Å²) < 4.78 is 1.80. The number of carbonyl (C=O) groups is 1. The molecule has 0 unspecified atom stereocenters. The van der Waals surface area contributed by atoms with Gasteiger partial charge in [0, 0.05) is 18.4 Å². The summed E-state index contributed by atoms with van der Waals surface area (Å²) in [6.07, 6.45) is 2.21. The number of nitrogens with zero attached hydrogens (tertiary/aromatic N) is 2. The number of hydrogen-bond donors (Lipinski definition) is 1. The van der Waals surface area contributed by atoms with E-state index < -0.39 is 0 Å². The minimum Gasteiger partial charge on any atom is -0.311 e. The summed E-state index contributed by atoms with van der Waals surface area (Å²) in [5.74, 6) is 0.616. The van der Waals surface area contributed by atoms with Crippen LogP contribution in [-0.4, -0.2) is 15.7 Å². The SMILES string of the molecule is CCCc1ccc(-n2nc(C(C)(C)C)cc2NC(C)=O)cc1. The smallest absolute Gasteiger partial charge is 0.222 e. The molecule has 0 saturated carbocycles. The predicted molar refractivity (Wildman–Crippen MR) is 90.6 cm³/mol. The fourth-order valence-corrected chi connectivity index (χ4v) is 2.31. The highest BCUT2D eigenvalue weighted by molar-refractivity contribution is 5.88. The Balaban J connectivity index is 2.43. The standard InChI is InChI=1S/C18H25N3O/c1-6-7-14-8-10-15(11-9-14)21-17(19-13(2)22)12-16(20-21)18(3,4)5/h8-12H,6-7H2,1-5H3,(H,19,22). The first-order valence-corrected chi connectivity index (χ1v) is 7.78. The largest absolute Gasteiger partial charge is 0.311 e. The van der Waals surface area contributed by atoms with E-state index in [1.807, 2.05) is 6.07 Å². The Morgan fingerprint density at radius 1 is 1.23 bits per heavy atom.